The van der Waals surface area contributed by atoms with Gasteiger partial charge in [0.15, 0.2) is 0 Å². The van der Waals surface area contributed by atoms with Gasteiger partial charge in [-0.1, -0.05) is 0 Å². The number of hydrogen-bond donors (Lipinski definition) is 1. The molecule has 0 aromatic rings. The number of ether oxygens (including phenoxy) is 1. The fourth-order valence-corrected chi connectivity index (χ4v) is 6.38. The summed E-state index contributed by atoms with van der Waals surface area (Å²) < 4.78 is 29.1. The second-order valence-corrected chi connectivity index (χ2v) is 9.95. The van der Waals surface area contributed by atoms with Gasteiger partial charge in [-0.25, -0.2) is 8.42 Å². The second kappa shape index (κ2) is 6.15. The first kappa shape index (κ1) is 15.1. The molecule has 116 valence electrons. The third-order valence-electron chi connectivity index (χ3n) is 4.92. The summed E-state index contributed by atoms with van der Waals surface area (Å²) in [6.07, 6.45) is 6.09. The summed E-state index contributed by atoms with van der Waals surface area (Å²) in [5.74, 6) is 3.15. The van der Waals surface area contributed by atoms with Crippen molar-refractivity contribution in [2.45, 2.75) is 56.2 Å². The van der Waals surface area contributed by atoms with Gasteiger partial charge in [-0.05, 0) is 50.0 Å². The van der Waals surface area contributed by atoms with Crippen molar-refractivity contribution < 1.29 is 13.2 Å². The molecule has 0 aromatic carbocycles. The van der Waals surface area contributed by atoms with E-state index in [0.717, 1.165) is 32.3 Å². The Kier molecular flexibility index (Phi) is 4.65. The summed E-state index contributed by atoms with van der Waals surface area (Å²) in [7, 11) is -2.75. The number of rotatable bonds is 2. The van der Waals surface area contributed by atoms with E-state index in [1.54, 1.807) is 0 Å². The lowest BCUT2D eigenvalue weighted by Crippen LogP contribution is -2.52. The normalized spacial score (nSPS) is 34.1. The molecule has 3 fully saturated rings. The van der Waals surface area contributed by atoms with E-state index < -0.39 is 9.84 Å². The summed E-state index contributed by atoms with van der Waals surface area (Å²) in [5, 5.41) is 3.72. The highest BCUT2D eigenvalue weighted by atomic mass is 32.2. The molecule has 1 spiro atoms. The molecule has 1 atom stereocenters. The average molecular weight is 319 g/mol. The van der Waals surface area contributed by atoms with Gasteiger partial charge < -0.3 is 10.1 Å². The van der Waals surface area contributed by atoms with Gasteiger partial charge in [-0.3, -0.25) is 0 Å². The number of nitrogens with one attached hydrogen (secondary N) is 1. The van der Waals surface area contributed by atoms with Crippen molar-refractivity contribution in [3.8, 4) is 0 Å². The van der Waals surface area contributed by atoms with Crippen LogP contribution in [0.5, 0.6) is 0 Å². The zero-order valence-corrected chi connectivity index (χ0v) is 13.6. The molecule has 3 aliphatic heterocycles. The van der Waals surface area contributed by atoms with E-state index in [9.17, 15) is 8.42 Å². The summed E-state index contributed by atoms with van der Waals surface area (Å²) in [5.41, 5.74) is 0.113. The van der Waals surface area contributed by atoms with E-state index in [4.69, 9.17) is 4.74 Å². The third-order valence-corrected chi connectivity index (χ3v) is 7.62. The van der Waals surface area contributed by atoms with Gasteiger partial charge in [0, 0.05) is 18.7 Å². The number of thioether (sulfide) groups is 1. The maximum atomic E-state index is 11.5. The van der Waals surface area contributed by atoms with Crippen LogP contribution in [0.1, 0.15) is 38.5 Å². The monoisotopic (exact) mass is 319 g/mol. The summed E-state index contributed by atoms with van der Waals surface area (Å²) in [4.78, 5) is 0. The molecular weight excluding hydrogens is 294 g/mol. The highest BCUT2D eigenvalue weighted by molar-refractivity contribution is 7.99. The SMILES string of the molecule is O=S1(=O)CCC(NC2CCOC3(CCSCC3)C2)CC1. The van der Waals surface area contributed by atoms with E-state index in [-0.39, 0.29) is 5.60 Å². The maximum Gasteiger partial charge on any atom is 0.150 e. The lowest BCUT2D eigenvalue weighted by molar-refractivity contribution is -0.0943. The molecule has 1 unspecified atom stereocenters. The van der Waals surface area contributed by atoms with Crippen LogP contribution in [-0.2, 0) is 14.6 Å². The molecule has 0 amide bonds. The van der Waals surface area contributed by atoms with Crippen LogP contribution in [0.15, 0.2) is 0 Å². The highest BCUT2D eigenvalue weighted by Crippen LogP contribution is 2.37. The quantitative estimate of drug-likeness (QED) is 0.838. The van der Waals surface area contributed by atoms with Gasteiger partial charge in [0.25, 0.3) is 0 Å². The Hall–Kier alpha value is 0.220. The molecule has 0 aromatic heterocycles. The van der Waals surface area contributed by atoms with Crippen molar-refractivity contribution in [3.63, 3.8) is 0 Å². The summed E-state index contributed by atoms with van der Waals surface area (Å²) in [6.45, 7) is 0.855. The first-order chi connectivity index (χ1) is 9.57. The molecule has 3 aliphatic rings. The van der Waals surface area contributed by atoms with E-state index in [1.165, 1.54) is 24.3 Å². The minimum atomic E-state index is -2.75. The smallest absolute Gasteiger partial charge is 0.150 e. The molecule has 0 bridgehead atoms. The lowest BCUT2D eigenvalue weighted by Gasteiger charge is -2.44. The van der Waals surface area contributed by atoms with Crippen molar-refractivity contribution in [1.29, 1.82) is 0 Å². The molecule has 1 N–H and O–H groups in total. The highest BCUT2D eigenvalue weighted by Gasteiger charge is 2.39. The Bertz CT molecular complexity index is 412. The van der Waals surface area contributed by atoms with E-state index >= 15 is 0 Å². The first-order valence-electron chi connectivity index (χ1n) is 7.75. The number of sulfone groups is 1. The van der Waals surface area contributed by atoms with Crippen LogP contribution in [0, 0.1) is 0 Å². The minimum Gasteiger partial charge on any atom is -0.375 e. The molecular formula is C14H25NO3S2. The van der Waals surface area contributed by atoms with Gasteiger partial charge >= 0.3 is 0 Å². The third kappa shape index (κ3) is 3.70. The molecule has 20 heavy (non-hydrogen) atoms. The Balaban J connectivity index is 1.53. The molecule has 3 rings (SSSR count). The average Bonchev–Trinajstić information content (AvgIpc) is 2.42. The lowest BCUT2D eigenvalue weighted by atomic mass is 9.85. The van der Waals surface area contributed by atoms with Crippen molar-refractivity contribution >= 4 is 21.6 Å². The predicted octanol–water partition coefficient (Wildman–Crippen LogP) is 1.60. The van der Waals surface area contributed by atoms with Crippen LogP contribution in [0.25, 0.3) is 0 Å². The Labute approximate surface area is 126 Å². The fraction of sp³-hybridized carbons (Fsp3) is 1.00. The zero-order valence-electron chi connectivity index (χ0n) is 12.0. The summed E-state index contributed by atoms with van der Waals surface area (Å²) in [6, 6.07) is 0.897. The minimum absolute atomic E-state index is 0.113. The van der Waals surface area contributed by atoms with Crippen molar-refractivity contribution in [1.82, 2.24) is 5.32 Å². The molecule has 3 heterocycles. The second-order valence-electron chi connectivity index (χ2n) is 6.43. The standard InChI is InChI=1S/C14H25NO3S2/c16-20(17)9-2-12(3-10-20)15-13-1-6-18-14(11-13)4-7-19-8-5-14/h12-13,15H,1-11H2. The number of hydrogen-bond acceptors (Lipinski definition) is 5. The molecule has 6 heteroatoms. The van der Waals surface area contributed by atoms with Crippen LogP contribution < -0.4 is 5.32 Å². The topological polar surface area (TPSA) is 55.4 Å². The van der Waals surface area contributed by atoms with Crippen LogP contribution in [0.4, 0.5) is 0 Å². The molecule has 4 nitrogen and oxygen atoms in total. The van der Waals surface area contributed by atoms with Gasteiger partial charge in [0.1, 0.15) is 9.84 Å². The Morgan fingerprint density at radius 1 is 1.05 bits per heavy atom. The molecule has 0 saturated carbocycles. The van der Waals surface area contributed by atoms with Crippen LogP contribution >= 0.6 is 11.8 Å². The van der Waals surface area contributed by atoms with Crippen LogP contribution in [0.2, 0.25) is 0 Å². The first-order valence-corrected chi connectivity index (χ1v) is 10.7. The molecule has 0 radical (unpaired) electrons. The zero-order chi connectivity index (χ0) is 14.1. The molecule has 3 saturated heterocycles. The fourth-order valence-electron chi connectivity index (χ4n) is 3.65. The van der Waals surface area contributed by atoms with Gasteiger partial charge in [0.05, 0.1) is 17.1 Å². The predicted molar refractivity (Wildman–Crippen MR) is 83.1 cm³/mol. The largest absolute Gasteiger partial charge is 0.375 e. The Morgan fingerprint density at radius 2 is 1.75 bits per heavy atom. The Morgan fingerprint density at radius 3 is 2.45 bits per heavy atom. The van der Waals surface area contributed by atoms with Crippen molar-refractivity contribution in [2.24, 2.45) is 0 Å². The van der Waals surface area contributed by atoms with Crippen molar-refractivity contribution in [3.05, 3.63) is 0 Å². The summed E-state index contributed by atoms with van der Waals surface area (Å²) >= 11 is 2.03. The van der Waals surface area contributed by atoms with Crippen LogP contribution in [0.3, 0.4) is 0 Å². The van der Waals surface area contributed by atoms with Crippen LogP contribution in [-0.4, -0.2) is 55.7 Å². The molecule has 0 aliphatic carbocycles. The van der Waals surface area contributed by atoms with E-state index in [0.29, 0.717) is 23.6 Å². The van der Waals surface area contributed by atoms with Gasteiger partial charge in [0.2, 0.25) is 0 Å². The maximum absolute atomic E-state index is 11.5. The van der Waals surface area contributed by atoms with E-state index in [1.807, 2.05) is 11.8 Å². The van der Waals surface area contributed by atoms with E-state index in [2.05, 4.69) is 5.32 Å². The van der Waals surface area contributed by atoms with Gasteiger partial charge in [-0.2, -0.15) is 11.8 Å². The van der Waals surface area contributed by atoms with Crippen molar-refractivity contribution in [2.75, 3.05) is 29.6 Å². The van der Waals surface area contributed by atoms with Gasteiger partial charge in [-0.15, -0.1) is 0 Å².